The van der Waals surface area contributed by atoms with Crippen LogP contribution in [0.4, 0.5) is 0 Å². The molecule has 1 heterocycles. The SMILES string of the molecule is CC(C)(C)N1CCN(C(C)(C)C)C(CO)C1. The van der Waals surface area contributed by atoms with Gasteiger partial charge in [-0.25, -0.2) is 0 Å². The van der Waals surface area contributed by atoms with Gasteiger partial charge in [-0.2, -0.15) is 0 Å². The van der Waals surface area contributed by atoms with Gasteiger partial charge < -0.3 is 5.11 Å². The fourth-order valence-corrected chi connectivity index (χ4v) is 2.50. The van der Waals surface area contributed by atoms with Crippen LogP contribution in [0.15, 0.2) is 0 Å². The summed E-state index contributed by atoms with van der Waals surface area (Å²) in [7, 11) is 0. The maximum Gasteiger partial charge on any atom is 0.0599 e. The first-order valence-corrected chi connectivity index (χ1v) is 6.29. The maximum atomic E-state index is 9.54. The van der Waals surface area contributed by atoms with Crippen LogP contribution < -0.4 is 0 Å². The minimum atomic E-state index is 0.150. The summed E-state index contributed by atoms with van der Waals surface area (Å²) in [5, 5.41) is 9.54. The topological polar surface area (TPSA) is 26.7 Å². The highest BCUT2D eigenvalue weighted by Gasteiger charge is 2.36. The van der Waals surface area contributed by atoms with E-state index in [0.717, 1.165) is 19.6 Å². The molecule has 3 heteroatoms. The summed E-state index contributed by atoms with van der Waals surface area (Å²) < 4.78 is 0. The molecule has 1 aliphatic heterocycles. The lowest BCUT2D eigenvalue weighted by Gasteiger charge is -2.50. The van der Waals surface area contributed by atoms with Gasteiger partial charge in [0.05, 0.1) is 6.61 Å². The molecule has 1 unspecified atom stereocenters. The van der Waals surface area contributed by atoms with Crippen LogP contribution in [0.5, 0.6) is 0 Å². The van der Waals surface area contributed by atoms with Crippen molar-refractivity contribution < 1.29 is 5.11 Å². The Balaban J connectivity index is 2.72. The molecule has 0 spiro atoms. The van der Waals surface area contributed by atoms with Gasteiger partial charge in [-0.15, -0.1) is 0 Å². The fraction of sp³-hybridized carbons (Fsp3) is 1.00. The van der Waals surface area contributed by atoms with E-state index in [-0.39, 0.29) is 23.7 Å². The van der Waals surface area contributed by atoms with Crippen LogP contribution in [0, 0.1) is 0 Å². The van der Waals surface area contributed by atoms with Crippen LogP contribution in [0.2, 0.25) is 0 Å². The number of rotatable bonds is 1. The number of nitrogens with zero attached hydrogens (tertiary/aromatic N) is 2. The Hall–Kier alpha value is -0.120. The first-order valence-electron chi connectivity index (χ1n) is 6.29. The quantitative estimate of drug-likeness (QED) is 0.738. The van der Waals surface area contributed by atoms with E-state index in [9.17, 15) is 5.11 Å². The summed E-state index contributed by atoms with van der Waals surface area (Å²) in [6.07, 6.45) is 0. The van der Waals surface area contributed by atoms with E-state index in [1.807, 2.05) is 0 Å². The van der Waals surface area contributed by atoms with Gasteiger partial charge in [-0.1, -0.05) is 0 Å². The van der Waals surface area contributed by atoms with Crippen molar-refractivity contribution in [3.8, 4) is 0 Å². The highest BCUT2D eigenvalue weighted by Crippen LogP contribution is 2.24. The van der Waals surface area contributed by atoms with Gasteiger partial charge in [0.2, 0.25) is 0 Å². The second-order valence-corrected chi connectivity index (χ2v) is 6.82. The van der Waals surface area contributed by atoms with E-state index in [0.29, 0.717) is 0 Å². The summed E-state index contributed by atoms with van der Waals surface area (Å²) in [5.41, 5.74) is 0.356. The first-order chi connectivity index (χ1) is 7.16. The molecule has 0 aromatic heterocycles. The Morgan fingerprint density at radius 1 is 1.00 bits per heavy atom. The molecule has 0 amide bonds. The molecule has 1 fully saturated rings. The summed E-state index contributed by atoms with van der Waals surface area (Å²) in [5.74, 6) is 0. The average Bonchev–Trinajstić information content (AvgIpc) is 2.14. The van der Waals surface area contributed by atoms with Gasteiger partial charge >= 0.3 is 0 Å². The third-order valence-electron chi connectivity index (χ3n) is 3.50. The van der Waals surface area contributed by atoms with Crippen molar-refractivity contribution in [2.24, 2.45) is 0 Å². The predicted molar refractivity (Wildman–Crippen MR) is 68.7 cm³/mol. The maximum absolute atomic E-state index is 9.54. The fourth-order valence-electron chi connectivity index (χ4n) is 2.50. The predicted octanol–water partition coefficient (Wildman–Crippen LogP) is 1.56. The molecule has 0 aliphatic carbocycles. The lowest BCUT2D eigenvalue weighted by atomic mass is 9.97. The lowest BCUT2D eigenvalue weighted by Crippen LogP contribution is -2.63. The van der Waals surface area contributed by atoms with Crippen molar-refractivity contribution >= 4 is 0 Å². The van der Waals surface area contributed by atoms with E-state index in [4.69, 9.17) is 0 Å². The summed E-state index contributed by atoms with van der Waals surface area (Å²) in [6, 6.07) is 0.271. The Labute approximate surface area is 100 Å². The van der Waals surface area contributed by atoms with Crippen LogP contribution in [0.1, 0.15) is 41.5 Å². The molecule has 1 aliphatic rings. The van der Waals surface area contributed by atoms with Crippen molar-refractivity contribution in [2.45, 2.75) is 58.7 Å². The molecule has 1 atom stereocenters. The van der Waals surface area contributed by atoms with E-state index in [1.54, 1.807) is 0 Å². The highest BCUT2D eigenvalue weighted by molar-refractivity contribution is 4.92. The van der Waals surface area contributed by atoms with Gasteiger partial charge in [-0.05, 0) is 41.5 Å². The molecule has 96 valence electrons. The zero-order chi connectivity index (χ0) is 12.6. The normalized spacial score (nSPS) is 26.1. The van der Waals surface area contributed by atoms with Crippen LogP contribution in [0.3, 0.4) is 0 Å². The zero-order valence-corrected chi connectivity index (χ0v) is 11.7. The monoisotopic (exact) mass is 228 g/mol. The van der Waals surface area contributed by atoms with E-state index < -0.39 is 0 Å². The zero-order valence-electron chi connectivity index (χ0n) is 11.7. The van der Waals surface area contributed by atoms with Crippen molar-refractivity contribution in [1.29, 1.82) is 0 Å². The van der Waals surface area contributed by atoms with Crippen molar-refractivity contribution in [3.63, 3.8) is 0 Å². The molecule has 1 N–H and O–H groups in total. The minimum Gasteiger partial charge on any atom is -0.395 e. The molecule has 1 rings (SSSR count). The minimum absolute atomic E-state index is 0.150. The smallest absolute Gasteiger partial charge is 0.0599 e. The molecule has 0 aromatic rings. The van der Waals surface area contributed by atoms with E-state index >= 15 is 0 Å². The molecule has 1 saturated heterocycles. The Morgan fingerprint density at radius 3 is 1.94 bits per heavy atom. The molecule has 0 aromatic carbocycles. The Morgan fingerprint density at radius 2 is 1.56 bits per heavy atom. The van der Waals surface area contributed by atoms with Gasteiger partial charge in [-0.3, -0.25) is 9.80 Å². The Bertz CT molecular complexity index is 227. The van der Waals surface area contributed by atoms with Crippen LogP contribution in [-0.2, 0) is 0 Å². The van der Waals surface area contributed by atoms with Gasteiger partial charge in [0.1, 0.15) is 0 Å². The lowest BCUT2D eigenvalue weighted by molar-refractivity contribution is -0.0401. The van der Waals surface area contributed by atoms with Crippen molar-refractivity contribution in [1.82, 2.24) is 9.80 Å². The second-order valence-electron chi connectivity index (χ2n) is 6.82. The van der Waals surface area contributed by atoms with Crippen molar-refractivity contribution in [2.75, 3.05) is 26.2 Å². The number of piperazine rings is 1. The standard InChI is InChI=1S/C13H28N2O/c1-12(2,3)14-7-8-15(13(4,5)6)11(9-14)10-16/h11,16H,7-10H2,1-6H3. The molecule has 0 saturated carbocycles. The molecular weight excluding hydrogens is 200 g/mol. The largest absolute Gasteiger partial charge is 0.395 e. The summed E-state index contributed by atoms with van der Waals surface area (Å²) >= 11 is 0. The molecular formula is C13H28N2O. The molecule has 3 nitrogen and oxygen atoms in total. The summed E-state index contributed by atoms with van der Waals surface area (Å²) in [6.45, 7) is 16.8. The molecule has 0 bridgehead atoms. The molecule has 0 radical (unpaired) electrons. The third-order valence-corrected chi connectivity index (χ3v) is 3.50. The summed E-state index contributed by atoms with van der Waals surface area (Å²) in [4.78, 5) is 4.89. The number of hydrogen-bond donors (Lipinski definition) is 1. The van der Waals surface area contributed by atoms with Gasteiger partial charge in [0, 0.05) is 36.8 Å². The third kappa shape index (κ3) is 3.19. The van der Waals surface area contributed by atoms with Crippen LogP contribution in [0.25, 0.3) is 0 Å². The number of aliphatic hydroxyl groups is 1. The van der Waals surface area contributed by atoms with E-state index in [2.05, 4.69) is 51.3 Å². The van der Waals surface area contributed by atoms with Gasteiger partial charge in [0.15, 0.2) is 0 Å². The highest BCUT2D eigenvalue weighted by atomic mass is 16.3. The van der Waals surface area contributed by atoms with Crippen LogP contribution >= 0.6 is 0 Å². The van der Waals surface area contributed by atoms with Gasteiger partial charge in [0.25, 0.3) is 0 Å². The Kier molecular flexibility index (Phi) is 4.04. The second kappa shape index (κ2) is 4.63. The molecule has 16 heavy (non-hydrogen) atoms. The van der Waals surface area contributed by atoms with Crippen LogP contribution in [-0.4, -0.2) is 58.3 Å². The first kappa shape index (κ1) is 13.9. The van der Waals surface area contributed by atoms with Crippen molar-refractivity contribution in [3.05, 3.63) is 0 Å². The average molecular weight is 228 g/mol. The number of hydrogen-bond acceptors (Lipinski definition) is 3. The number of aliphatic hydroxyl groups excluding tert-OH is 1. The van der Waals surface area contributed by atoms with E-state index in [1.165, 1.54) is 0 Å².